The van der Waals surface area contributed by atoms with Crippen molar-refractivity contribution in [2.45, 2.75) is 33.1 Å². The molecule has 0 aliphatic carbocycles. The third kappa shape index (κ3) is 4.83. The molecular weight excluding hydrogens is 253 g/mol. The summed E-state index contributed by atoms with van der Waals surface area (Å²) in [5, 5.41) is 6.52. The number of nitrogens with one attached hydrogen (secondary N) is 2. The summed E-state index contributed by atoms with van der Waals surface area (Å²) in [4.78, 5) is 4.18. The molecule has 4 heteroatoms. The average Bonchev–Trinajstić information content (AvgIpc) is 2.39. The van der Waals surface area contributed by atoms with E-state index in [1.165, 1.54) is 6.07 Å². The summed E-state index contributed by atoms with van der Waals surface area (Å²) in [6.07, 6.45) is 0. The van der Waals surface area contributed by atoms with Crippen molar-refractivity contribution in [1.29, 1.82) is 0 Å². The van der Waals surface area contributed by atoms with E-state index in [1.807, 2.05) is 26.0 Å². The van der Waals surface area contributed by atoms with E-state index in [9.17, 15) is 4.39 Å². The lowest BCUT2D eigenvalue weighted by molar-refractivity contribution is 0.472. The number of rotatable bonds is 5. The Morgan fingerprint density at radius 2 is 1.90 bits per heavy atom. The molecule has 0 saturated carbocycles. The van der Waals surface area contributed by atoms with Crippen LogP contribution in [-0.2, 0) is 5.41 Å². The molecule has 0 radical (unpaired) electrons. The van der Waals surface area contributed by atoms with Gasteiger partial charge in [-0.25, -0.2) is 4.39 Å². The van der Waals surface area contributed by atoms with E-state index in [0.29, 0.717) is 18.0 Å². The summed E-state index contributed by atoms with van der Waals surface area (Å²) in [5.74, 6) is 1.14. The lowest BCUT2D eigenvalue weighted by atomic mass is 9.84. The van der Waals surface area contributed by atoms with Crippen LogP contribution < -0.4 is 10.6 Å². The fourth-order valence-corrected chi connectivity index (χ4v) is 1.93. The number of benzene rings is 1. The Labute approximate surface area is 121 Å². The first kappa shape index (κ1) is 16.5. The maximum absolute atomic E-state index is 13.9. The second kappa shape index (κ2) is 7.27. The normalized spacial score (nSPS) is 12.7. The van der Waals surface area contributed by atoms with Crippen LogP contribution in [0.5, 0.6) is 0 Å². The Morgan fingerprint density at radius 1 is 1.25 bits per heavy atom. The highest BCUT2D eigenvalue weighted by molar-refractivity contribution is 5.79. The summed E-state index contributed by atoms with van der Waals surface area (Å²) < 4.78 is 13.9. The molecule has 0 unspecified atom stereocenters. The summed E-state index contributed by atoms with van der Waals surface area (Å²) in [7, 11) is 1.74. The largest absolute Gasteiger partial charge is 0.356 e. The SMILES string of the molecule is CN=C(NCC(C)C)NCC(C)(C)c1ccccc1F. The lowest BCUT2D eigenvalue weighted by Crippen LogP contribution is -2.44. The fourth-order valence-electron chi connectivity index (χ4n) is 1.93. The highest BCUT2D eigenvalue weighted by Gasteiger charge is 2.24. The fraction of sp³-hybridized carbons (Fsp3) is 0.562. The summed E-state index contributed by atoms with van der Waals surface area (Å²) in [6, 6.07) is 6.92. The minimum Gasteiger partial charge on any atom is -0.356 e. The zero-order valence-electron chi connectivity index (χ0n) is 13.1. The molecular formula is C16H26FN3. The average molecular weight is 279 g/mol. The van der Waals surface area contributed by atoms with Gasteiger partial charge in [0.15, 0.2) is 5.96 Å². The molecule has 0 heterocycles. The Hall–Kier alpha value is -1.58. The molecule has 0 bridgehead atoms. The first-order chi connectivity index (χ1) is 9.36. The van der Waals surface area contributed by atoms with Gasteiger partial charge in [0.25, 0.3) is 0 Å². The number of halogens is 1. The second-order valence-electron chi connectivity index (χ2n) is 6.06. The molecule has 1 aromatic rings. The number of aliphatic imine (C=N–C) groups is 1. The molecule has 0 aromatic heterocycles. The quantitative estimate of drug-likeness (QED) is 0.642. The van der Waals surface area contributed by atoms with Crippen LogP contribution in [0.15, 0.2) is 29.3 Å². The second-order valence-corrected chi connectivity index (χ2v) is 6.06. The Kier molecular flexibility index (Phi) is 5.99. The first-order valence-electron chi connectivity index (χ1n) is 7.06. The number of nitrogens with zero attached hydrogens (tertiary/aromatic N) is 1. The van der Waals surface area contributed by atoms with Crippen molar-refractivity contribution < 1.29 is 4.39 Å². The van der Waals surface area contributed by atoms with Crippen molar-refractivity contribution in [3.8, 4) is 0 Å². The standard InChI is InChI=1S/C16H26FN3/c1-12(2)10-19-15(18-5)20-11-16(3,4)13-8-6-7-9-14(13)17/h6-9,12H,10-11H2,1-5H3,(H2,18,19,20). The van der Waals surface area contributed by atoms with E-state index in [4.69, 9.17) is 0 Å². The summed E-state index contributed by atoms with van der Waals surface area (Å²) in [6.45, 7) is 9.81. The van der Waals surface area contributed by atoms with Crippen LogP contribution in [0.1, 0.15) is 33.3 Å². The van der Waals surface area contributed by atoms with Crippen molar-refractivity contribution in [2.24, 2.45) is 10.9 Å². The minimum absolute atomic E-state index is 0.163. The zero-order chi connectivity index (χ0) is 15.2. The topological polar surface area (TPSA) is 36.4 Å². The zero-order valence-corrected chi connectivity index (χ0v) is 13.1. The summed E-state index contributed by atoms with van der Waals surface area (Å²) in [5.41, 5.74) is 0.410. The molecule has 3 nitrogen and oxygen atoms in total. The van der Waals surface area contributed by atoms with Crippen molar-refractivity contribution >= 4 is 5.96 Å². The molecule has 0 atom stereocenters. The number of guanidine groups is 1. The predicted molar refractivity (Wildman–Crippen MR) is 83.6 cm³/mol. The molecule has 112 valence electrons. The Morgan fingerprint density at radius 3 is 2.45 bits per heavy atom. The number of hydrogen-bond acceptors (Lipinski definition) is 1. The van der Waals surface area contributed by atoms with Crippen LogP contribution in [0.3, 0.4) is 0 Å². The maximum Gasteiger partial charge on any atom is 0.191 e. The highest BCUT2D eigenvalue weighted by Crippen LogP contribution is 2.24. The Bertz CT molecular complexity index is 453. The maximum atomic E-state index is 13.9. The first-order valence-corrected chi connectivity index (χ1v) is 7.06. The molecule has 1 aromatic carbocycles. The van der Waals surface area contributed by atoms with Gasteiger partial charge < -0.3 is 10.6 Å². The van der Waals surface area contributed by atoms with Crippen LogP contribution in [0.25, 0.3) is 0 Å². The van der Waals surface area contributed by atoms with Gasteiger partial charge in [-0.3, -0.25) is 4.99 Å². The molecule has 0 spiro atoms. The van der Waals surface area contributed by atoms with Crippen molar-refractivity contribution in [2.75, 3.05) is 20.1 Å². The third-order valence-corrected chi connectivity index (χ3v) is 3.20. The molecule has 2 N–H and O–H groups in total. The van der Waals surface area contributed by atoms with Crippen molar-refractivity contribution in [3.05, 3.63) is 35.6 Å². The molecule has 0 fully saturated rings. The van der Waals surface area contributed by atoms with E-state index in [2.05, 4.69) is 29.5 Å². The van der Waals surface area contributed by atoms with Gasteiger partial charge in [0.05, 0.1) is 0 Å². The highest BCUT2D eigenvalue weighted by atomic mass is 19.1. The van der Waals surface area contributed by atoms with E-state index in [-0.39, 0.29) is 11.2 Å². The predicted octanol–water partition coefficient (Wildman–Crippen LogP) is 2.92. The molecule has 0 amide bonds. The number of hydrogen-bond donors (Lipinski definition) is 2. The van der Waals surface area contributed by atoms with Crippen LogP contribution in [-0.4, -0.2) is 26.1 Å². The van der Waals surface area contributed by atoms with Gasteiger partial charge in [0.1, 0.15) is 5.82 Å². The van der Waals surface area contributed by atoms with Gasteiger partial charge in [-0.2, -0.15) is 0 Å². The van der Waals surface area contributed by atoms with Gasteiger partial charge in [-0.15, -0.1) is 0 Å². The van der Waals surface area contributed by atoms with Crippen molar-refractivity contribution in [1.82, 2.24) is 10.6 Å². The van der Waals surface area contributed by atoms with Crippen LogP contribution in [0, 0.1) is 11.7 Å². The Balaban J connectivity index is 2.65. The summed E-state index contributed by atoms with van der Waals surface area (Å²) >= 11 is 0. The monoisotopic (exact) mass is 279 g/mol. The van der Waals surface area contributed by atoms with Gasteiger partial charge in [0, 0.05) is 25.6 Å². The molecule has 0 aliphatic rings. The van der Waals surface area contributed by atoms with E-state index < -0.39 is 0 Å². The van der Waals surface area contributed by atoms with Gasteiger partial charge in [0.2, 0.25) is 0 Å². The van der Waals surface area contributed by atoms with Crippen LogP contribution >= 0.6 is 0 Å². The smallest absolute Gasteiger partial charge is 0.191 e. The molecule has 20 heavy (non-hydrogen) atoms. The van der Waals surface area contributed by atoms with Gasteiger partial charge >= 0.3 is 0 Å². The van der Waals surface area contributed by atoms with Gasteiger partial charge in [-0.05, 0) is 17.5 Å². The molecule has 1 rings (SSSR count). The molecule has 0 saturated heterocycles. The van der Waals surface area contributed by atoms with E-state index in [0.717, 1.165) is 12.5 Å². The van der Waals surface area contributed by atoms with Crippen LogP contribution in [0.2, 0.25) is 0 Å². The lowest BCUT2D eigenvalue weighted by Gasteiger charge is -2.27. The van der Waals surface area contributed by atoms with Gasteiger partial charge in [-0.1, -0.05) is 45.9 Å². The van der Waals surface area contributed by atoms with E-state index in [1.54, 1.807) is 13.1 Å². The minimum atomic E-state index is -0.305. The molecule has 0 aliphatic heterocycles. The third-order valence-electron chi connectivity index (χ3n) is 3.20. The van der Waals surface area contributed by atoms with Crippen molar-refractivity contribution in [3.63, 3.8) is 0 Å². The van der Waals surface area contributed by atoms with Crippen LogP contribution in [0.4, 0.5) is 4.39 Å². The van der Waals surface area contributed by atoms with E-state index >= 15 is 0 Å².